The van der Waals surface area contributed by atoms with Crippen LogP contribution in [0.1, 0.15) is 17.0 Å². The number of benzene rings is 2. The van der Waals surface area contributed by atoms with Crippen LogP contribution in [0.5, 0.6) is 0 Å². The minimum atomic E-state index is -1.12. The van der Waals surface area contributed by atoms with Crippen molar-refractivity contribution in [2.24, 2.45) is 5.92 Å². The molecule has 0 heterocycles. The van der Waals surface area contributed by atoms with Crippen molar-refractivity contribution in [3.8, 4) is 0 Å². The highest BCUT2D eigenvalue weighted by atomic mass is 16.4. The SMILES string of the molecule is O=C(O)[C@H](Cc1ccccc1)[C@@H](C(=O)O)c1ccccc1. The van der Waals surface area contributed by atoms with Crippen molar-refractivity contribution in [2.75, 3.05) is 0 Å². The molecule has 0 aliphatic heterocycles. The van der Waals surface area contributed by atoms with Crippen molar-refractivity contribution in [2.45, 2.75) is 12.3 Å². The van der Waals surface area contributed by atoms with Gasteiger partial charge in [-0.05, 0) is 17.5 Å². The summed E-state index contributed by atoms with van der Waals surface area (Å²) in [5.74, 6) is -4.30. The van der Waals surface area contributed by atoms with Gasteiger partial charge in [-0.15, -0.1) is 0 Å². The molecule has 0 spiro atoms. The molecule has 4 nitrogen and oxygen atoms in total. The zero-order valence-electron chi connectivity index (χ0n) is 11.3. The van der Waals surface area contributed by atoms with Gasteiger partial charge in [0.15, 0.2) is 0 Å². The Balaban J connectivity index is 2.34. The number of hydrogen-bond donors (Lipinski definition) is 2. The minimum absolute atomic E-state index is 0.183. The molecule has 0 amide bonds. The lowest BCUT2D eigenvalue weighted by Crippen LogP contribution is -2.29. The smallest absolute Gasteiger partial charge is 0.311 e. The molecule has 4 heteroatoms. The second-order valence-electron chi connectivity index (χ2n) is 4.86. The summed E-state index contributed by atoms with van der Waals surface area (Å²) in [5.41, 5.74) is 1.32. The lowest BCUT2D eigenvalue weighted by molar-refractivity contribution is -0.150. The quantitative estimate of drug-likeness (QED) is 0.855. The zero-order valence-corrected chi connectivity index (χ0v) is 11.3. The summed E-state index contributed by atoms with van der Waals surface area (Å²) < 4.78 is 0. The fourth-order valence-electron chi connectivity index (χ4n) is 2.42. The highest BCUT2D eigenvalue weighted by Gasteiger charge is 2.35. The van der Waals surface area contributed by atoms with Gasteiger partial charge in [0, 0.05) is 0 Å². The highest BCUT2D eigenvalue weighted by molar-refractivity contribution is 5.84. The number of carbonyl (C=O) groups is 2. The molecule has 0 unspecified atom stereocenters. The average Bonchev–Trinajstić information content (AvgIpc) is 2.48. The van der Waals surface area contributed by atoms with Gasteiger partial charge in [0.05, 0.1) is 11.8 Å². The molecular weight excluding hydrogens is 268 g/mol. The van der Waals surface area contributed by atoms with Crippen LogP contribution in [0, 0.1) is 5.92 Å². The van der Waals surface area contributed by atoms with Crippen molar-refractivity contribution in [3.63, 3.8) is 0 Å². The predicted molar refractivity (Wildman–Crippen MR) is 78.1 cm³/mol. The number of carboxylic acid groups (broad SMARTS) is 2. The van der Waals surface area contributed by atoms with Crippen molar-refractivity contribution in [1.29, 1.82) is 0 Å². The zero-order chi connectivity index (χ0) is 15.2. The summed E-state index contributed by atoms with van der Waals surface area (Å²) in [6, 6.07) is 17.6. The maximum Gasteiger partial charge on any atom is 0.311 e. The molecule has 2 N–H and O–H groups in total. The van der Waals surface area contributed by atoms with E-state index in [-0.39, 0.29) is 6.42 Å². The number of carboxylic acids is 2. The van der Waals surface area contributed by atoms with E-state index in [1.54, 1.807) is 42.5 Å². The Morgan fingerprint density at radius 1 is 0.810 bits per heavy atom. The summed E-state index contributed by atoms with van der Waals surface area (Å²) in [5, 5.41) is 18.9. The molecule has 0 saturated heterocycles. The van der Waals surface area contributed by atoms with E-state index in [2.05, 4.69) is 0 Å². The van der Waals surface area contributed by atoms with E-state index >= 15 is 0 Å². The number of rotatable bonds is 6. The van der Waals surface area contributed by atoms with Crippen LogP contribution in [-0.2, 0) is 16.0 Å². The molecule has 0 bridgehead atoms. The van der Waals surface area contributed by atoms with E-state index in [9.17, 15) is 19.8 Å². The van der Waals surface area contributed by atoms with Crippen molar-refractivity contribution < 1.29 is 19.8 Å². The lowest BCUT2D eigenvalue weighted by Gasteiger charge is -2.21. The normalized spacial score (nSPS) is 13.3. The fourth-order valence-corrected chi connectivity index (χ4v) is 2.42. The molecule has 0 aromatic heterocycles. The molecular formula is C17H16O4. The van der Waals surface area contributed by atoms with Crippen LogP contribution in [0.2, 0.25) is 0 Å². The van der Waals surface area contributed by atoms with Crippen LogP contribution in [0.25, 0.3) is 0 Å². The summed E-state index contributed by atoms with van der Waals surface area (Å²) in [6.45, 7) is 0. The average molecular weight is 284 g/mol. The molecule has 2 aromatic carbocycles. The standard InChI is InChI=1S/C17H16O4/c18-16(19)14(11-12-7-3-1-4-8-12)15(17(20)21)13-9-5-2-6-10-13/h1-10,14-15H,11H2,(H,18,19)(H,20,21)/t14-,15+/m1/s1. The molecule has 0 saturated carbocycles. The van der Waals surface area contributed by atoms with Gasteiger partial charge in [-0.1, -0.05) is 60.7 Å². The van der Waals surface area contributed by atoms with Gasteiger partial charge in [0.1, 0.15) is 0 Å². The van der Waals surface area contributed by atoms with E-state index in [0.717, 1.165) is 5.56 Å². The summed E-state index contributed by atoms with van der Waals surface area (Å²) >= 11 is 0. The molecule has 2 atom stereocenters. The van der Waals surface area contributed by atoms with Crippen molar-refractivity contribution in [3.05, 3.63) is 71.8 Å². The van der Waals surface area contributed by atoms with Gasteiger partial charge >= 0.3 is 11.9 Å². The topological polar surface area (TPSA) is 74.6 Å². The van der Waals surface area contributed by atoms with Gasteiger partial charge in [0.25, 0.3) is 0 Å². The maximum atomic E-state index is 11.6. The van der Waals surface area contributed by atoms with Gasteiger partial charge in [0.2, 0.25) is 0 Å². The van der Waals surface area contributed by atoms with Crippen LogP contribution < -0.4 is 0 Å². The molecule has 0 radical (unpaired) electrons. The molecule has 21 heavy (non-hydrogen) atoms. The Labute approximate surface area is 122 Å². The Bertz CT molecular complexity index is 607. The van der Waals surface area contributed by atoms with E-state index in [1.165, 1.54) is 0 Å². The summed E-state index contributed by atoms with van der Waals surface area (Å²) in [6.07, 6.45) is 0.183. The predicted octanol–water partition coefficient (Wildman–Crippen LogP) is 2.80. The first-order valence-corrected chi connectivity index (χ1v) is 6.64. The van der Waals surface area contributed by atoms with E-state index in [1.807, 2.05) is 18.2 Å². The first-order valence-electron chi connectivity index (χ1n) is 6.64. The minimum Gasteiger partial charge on any atom is -0.481 e. The van der Waals surface area contributed by atoms with Crippen LogP contribution in [-0.4, -0.2) is 22.2 Å². The second kappa shape index (κ2) is 6.70. The Morgan fingerprint density at radius 3 is 1.81 bits per heavy atom. The van der Waals surface area contributed by atoms with Gasteiger partial charge in [-0.3, -0.25) is 9.59 Å². The van der Waals surface area contributed by atoms with Gasteiger partial charge in [-0.2, -0.15) is 0 Å². The van der Waals surface area contributed by atoms with Gasteiger partial charge < -0.3 is 10.2 Å². The molecule has 108 valence electrons. The Morgan fingerprint density at radius 2 is 1.33 bits per heavy atom. The molecule has 2 rings (SSSR count). The van der Waals surface area contributed by atoms with Crippen molar-refractivity contribution >= 4 is 11.9 Å². The maximum absolute atomic E-state index is 11.6. The first kappa shape index (κ1) is 14.8. The van der Waals surface area contributed by atoms with E-state index < -0.39 is 23.8 Å². The van der Waals surface area contributed by atoms with Crippen LogP contribution in [0.3, 0.4) is 0 Å². The van der Waals surface area contributed by atoms with Crippen molar-refractivity contribution in [1.82, 2.24) is 0 Å². The van der Waals surface area contributed by atoms with E-state index in [0.29, 0.717) is 5.56 Å². The van der Waals surface area contributed by atoms with Crippen LogP contribution in [0.15, 0.2) is 60.7 Å². The Kier molecular flexibility index (Phi) is 4.72. The number of hydrogen-bond acceptors (Lipinski definition) is 2. The molecule has 0 aliphatic carbocycles. The monoisotopic (exact) mass is 284 g/mol. The summed E-state index contributed by atoms with van der Waals surface area (Å²) in [7, 11) is 0. The summed E-state index contributed by atoms with van der Waals surface area (Å²) in [4.78, 5) is 23.1. The van der Waals surface area contributed by atoms with Gasteiger partial charge in [-0.25, -0.2) is 0 Å². The van der Waals surface area contributed by atoms with Crippen LogP contribution >= 0.6 is 0 Å². The van der Waals surface area contributed by atoms with E-state index in [4.69, 9.17) is 0 Å². The molecule has 0 aliphatic rings. The third-order valence-electron chi connectivity index (χ3n) is 3.44. The van der Waals surface area contributed by atoms with Crippen LogP contribution in [0.4, 0.5) is 0 Å². The lowest BCUT2D eigenvalue weighted by atomic mass is 9.82. The Hall–Kier alpha value is -2.62. The third-order valence-corrected chi connectivity index (χ3v) is 3.44. The molecule has 0 fully saturated rings. The highest BCUT2D eigenvalue weighted by Crippen LogP contribution is 2.28. The third kappa shape index (κ3) is 3.69. The first-order chi connectivity index (χ1) is 10.1. The fraction of sp³-hybridized carbons (Fsp3) is 0.176. The number of aliphatic carboxylic acids is 2. The molecule has 2 aromatic rings. The largest absolute Gasteiger partial charge is 0.481 e. The second-order valence-corrected chi connectivity index (χ2v) is 4.86.